The predicted octanol–water partition coefficient (Wildman–Crippen LogP) is 1.83. The number of phenols is 1. The van der Waals surface area contributed by atoms with Gasteiger partial charge in [0.2, 0.25) is 0 Å². The van der Waals surface area contributed by atoms with E-state index in [2.05, 4.69) is 5.32 Å². The number of rotatable bonds is 0. The van der Waals surface area contributed by atoms with Crippen LogP contribution < -0.4 is 5.32 Å². The van der Waals surface area contributed by atoms with E-state index in [0.717, 1.165) is 17.8 Å². The molecule has 1 aromatic carbocycles. The van der Waals surface area contributed by atoms with Crippen LogP contribution in [0.5, 0.6) is 5.75 Å². The number of anilines is 1. The first-order chi connectivity index (χ1) is 5.38. The van der Waals surface area contributed by atoms with Crippen LogP contribution in [0.25, 0.3) is 6.08 Å². The third-order valence-electron chi connectivity index (χ3n) is 1.77. The molecule has 2 nitrogen and oxygen atoms in total. The molecular formula is C9H9NO. The van der Waals surface area contributed by atoms with E-state index in [1.807, 2.05) is 24.3 Å². The van der Waals surface area contributed by atoms with Gasteiger partial charge in [0.25, 0.3) is 0 Å². The lowest BCUT2D eigenvalue weighted by Gasteiger charge is -2.13. The molecule has 1 heterocycles. The van der Waals surface area contributed by atoms with Crippen molar-refractivity contribution in [3.05, 3.63) is 29.8 Å². The number of benzene rings is 1. The van der Waals surface area contributed by atoms with Crippen molar-refractivity contribution < 1.29 is 5.11 Å². The second-order valence-corrected chi connectivity index (χ2v) is 2.52. The Morgan fingerprint density at radius 1 is 1.36 bits per heavy atom. The van der Waals surface area contributed by atoms with Crippen molar-refractivity contribution in [2.24, 2.45) is 0 Å². The number of aromatic hydroxyl groups is 1. The summed E-state index contributed by atoms with van der Waals surface area (Å²) < 4.78 is 0. The number of hydrogen-bond acceptors (Lipinski definition) is 2. The van der Waals surface area contributed by atoms with Crippen LogP contribution in [0.3, 0.4) is 0 Å². The van der Waals surface area contributed by atoms with Gasteiger partial charge in [-0.1, -0.05) is 24.3 Å². The van der Waals surface area contributed by atoms with Crippen LogP contribution in [-0.4, -0.2) is 11.7 Å². The summed E-state index contributed by atoms with van der Waals surface area (Å²) in [6, 6.07) is 5.49. The SMILES string of the molecule is Oc1cccc2c1NCC=C2. The molecule has 0 saturated carbocycles. The molecule has 2 heteroatoms. The monoisotopic (exact) mass is 147 g/mol. The summed E-state index contributed by atoms with van der Waals surface area (Å²) in [7, 11) is 0. The highest BCUT2D eigenvalue weighted by Crippen LogP contribution is 2.29. The lowest BCUT2D eigenvalue weighted by molar-refractivity contribution is 0.477. The fraction of sp³-hybridized carbons (Fsp3) is 0.111. The van der Waals surface area contributed by atoms with Crippen LogP contribution in [0.1, 0.15) is 5.56 Å². The summed E-state index contributed by atoms with van der Waals surface area (Å²) in [6.45, 7) is 0.796. The maximum Gasteiger partial charge on any atom is 0.139 e. The first kappa shape index (κ1) is 6.28. The van der Waals surface area contributed by atoms with Gasteiger partial charge >= 0.3 is 0 Å². The fourth-order valence-electron chi connectivity index (χ4n) is 1.24. The van der Waals surface area contributed by atoms with Gasteiger partial charge in [-0.2, -0.15) is 0 Å². The quantitative estimate of drug-likeness (QED) is 0.549. The average Bonchev–Trinajstić information content (AvgIpc) is 2.06. The smallest absolute Gasteiger partial charge is 0.139 e. The van der Waals surface area contributed by atoms with Gasteiger partial charge in [0, 0.05) is 12.1 Å². The van der Waals surface area contributed by atoms with Crippen LogP contribution >= 0.6 is 0 Å². The highest BCUT2D eigenvalue weighted by molar-refractivity contribution is 5.74. The van der Waals surface area contributed by atoms with Gasteiger partial charge in [-0.05, 0) is 6.07 Å². The summed E-state index contributed by atoms with van der Waals surface area (Å²) in [4.78, 5) is 0. The minimum Gasteiger partial charge on any atom is -0.506 e. The van der Waals surface area contributed by atoms with Crippen LogP contribution in [0, 0.1) is 0 Å². The molecule has 2 N–H and O–H groups in total. The van der Waals surface area contributed by atoms with Crippen molar-refractivity contribution in [2.45, 2.75) is 0 Å². The van der Waals surface area contributed by atoms with E-state index in [1.54, 1.807) is 6.07 Å². The van der Waals surface area contributed by atoms with E-state index >= 15 is 0 Å². The number of hydrogen-bond donors (Lipinski definition) is 2. The average molecular weight is 147 g/mol. The molecule has 56 valence electrons. The molecule has 0 amide bonds. The van der Waals surface area contributed by atoms with E-state index < -0.39 is 0 Å². The van der Waals surface area contributed by atoms with Crippen molar-refractivity contribution >= 4 is 11.8 Å². The van der Waals surface area contributed by atoms with E-state index in [1.165, 1.54) is 0 Å². The van der Waals surface area contributed by atoms with Crippen molar-refractivity contribution in [1.29, 1.82) is 0 Å². The molecule has 0 aliphatic carbocycles. The van der Waals surface area contributed by atoms with Gasteiger partial charge in [-0.3, -0.25) is 0 Å². The Morgan fingerprint density at radius 3 is 3.09 bits per heavy atom. The highest BCUT2D eigenvalue weighted by atomic mass is 16.3. The normalized spacial score (nSPS) is 13.8. The molecule has 0 spiro atoms. The molecule has 0 fully saturated rings. The maximum atomic E-state index is 9.36. The molecule has 1 aliphatic heterocycles. The third-order valence-corrected chi connectivity index (χ3v) is 1.77. The van der Waals surface area contributed by atoms with Crippen LogP contribution in [0.2, 0.25) is 0 Å². The van der Waals surface area contributed by atoms with E-state index in [0.29, 0.717) is 5.75 Å². The number of para-hydroxylation sites is 1. The molecule has 0 aromatic heterocycles. The van der Waals surface area contributed by atoms with E-state index in [-0.39, 0.29) is 0 Å². The summed E-state index contributed by atoms with van der Waals surface area (Å²) in [6.07, 6.45) is 4.04. The topological polar surface area (TPSA) is 32.3 Å². The molecule has 2 rings (SSSR count). The second kappa shape index (κ2) is 2.31. The Hall–Kier alpha value is -1.44. The summed E-state index contributed by atoms with van der Waals surface area (Å²) in [5, 5.41) is 12.5. The van der Waals surface area contributed by atoms with E-state index in [9.17, 15) is 5.11 Å². The molecule has 0 unspecified atom stereocenters. The Kier molecular flexibility index (Phi) is 1.32. The molecule has 11 heavy (non-hydrogen) atoms. The molecular weight excluding hydrogens is 138 g/mol. The lowest BCUT2D eigenvalue weighted by atomic mass is 10.1. The number of fused-ring (bicyclic) bond motifs is 1. The maximum absolute atomic E-state index is 9.36. The lowest BCUT2D eigenvalue weighted by Crippen LogP contribution is -2.03. The fourth-order valence-corrected chi connectivity index (χ4v) is 1.24. The molecule has 0 atom stereocenters. The Morgan fingerprint density at radius 2 is 2.27 bits per heavy atom. The Labute approximate surface area is 65.2 Å². The van der Waals surface area contributed by atoms with Gasteiger partial charge in [0.05, 0.1) is 5.69 Å². The number of nitrogens with one attached hydrogen (secondary N) is 1. The third kappa shape index (κ3) is 0.963. The van der Waals surface area contributed by atoms with Gasteiger partial charge in [0.15, 0.2) is 0 Å². The van der Waals surface area contributed by atoms with Crippen LogP contribution in [0.15, 0.2) is 24.3 Å². The molecule has 0 saturated heterocycles. The van der Waals surface area contributed by atoms with Crippen molar-refractivity contribution in [1.82, 2.24) is 0 Å². The first-order valence-electron chi connectivity index (χ1n) is 3.60. The summed E-state index contributed by atoms with van der Waals surface area (Å²) >= 11 is 0. The van der Waals surface area contributed by atoms with Gasteiger partial charge in [-0.15, -0.1) is 0 Å². The van der Waals surface area contributed by atoms with Crippen molar-refractivity contribution in [3.63, 3.8) is 0 Å². The molecule has 1 aliphatic rings. The minimum atomic E-state index is 0.326. The second-order valence-electron chi connectivity index (χ2n) is 2.52. The summed E-state index contributed by atoms with van der Waals surface area (Å²) in [5.41, 5.74) is 1.89. The first-order valence-corrected chi connectivity index (χ1v) is 3.60. The zero-order valence-corrected chi connectivity index (χ0v) is 6.04. The van der Waals surface area contributed by atoms with Crippen LogP contribution in [-0.2, 0) is 0 Å². The van der Waals surface area contributed by atoms with Crippen molar-refractivity contribution in [3.8, 4) is 5.75 Å². The zero-order valence-electron chi connectivity index (χ0n) is 6.04. The standard InChI is InChI=1S/C9H9NO/c11-8-5-1-3-7-4-2-6-10-9(7)8/h1-5,10-11H,6H2. The Balaban J connectivity index is 2.60. The van der Waals surface area contributed by atoms with Crippen molar-refractivity contribution in [2.75, 3.05) is 11.9 Å². The molecule has 1 aromatic rings. The number of phenolic OH excluding ortho intramolecular Hbond substituents is 1. The Bertz CT molecular complexity index is 304. The van der Waals surface area contributed by atoms with E-state index in [4.69, 9.17) is 0 Å². The summed E-state index contributed by atoms with van der Waals surface area (Å²) in [5.74, 6) is 0.326. The van der Waals surface area contributed by atoms with Gasteiger partial charge in [-0.25, -0.2) is 0 Å². The minimum absolute atomic E-state index is 0.326. The van der Waals surface area contributed by atoms with Gasteiger partial charge < -0.3 is 10.4 Å². The molecule has 0 bridgehead atoms. The molecule has 0 radical (unpaired) electrons. The largest absolute Gasteiger partial charge is 0.506 e. The predicted molar refractivity (Wildman–Crippen MR) is 45.6 cm³/mol. The highest BCUT2D eigenvalue weighted by Gasteiger charge is 2.06. The zero-order chi connectivity index (χ0) is 7.68. The van der Waals surface area contributed by atoms with Crippen LogP contribution in [0.4, 0.5) is 5.69 Å². The van der Waals surface area contributed by atoms with Gasteiger partial charge in [0.1, 0.15) is 5.75 Å².